The summed E-state index contributed by atoms with van der Waals surface area (Å²) in [6, 6.07) is 7.05. The molecule has 5 heteroatoms. The molecule has 96 valence electrons. The van der Waals surface area contributed by atoms with Gasteiger partial charge in [-0.1, -0.05) is 11.6 Å². The van der Waals surface area contributed by atoms with Crippen LogP contribution in [0.15, 0.2) is 27.4 Å². The van der Waals surface area contributed by atoms with E-state index in [-0.39, 0.29) is 5.56 Å². The van der Waals surface area contributed by atoms with Crippen LogP contribution in [0.5, 0.6) is 0 Å². The van der Waals surface area contributed by atoms with Crippen LogP contribution in [-0.4, -0.2) is 13.1 Å². The molecule has 19 heavy (non-hydrogen) atoms. The van der Waals surface area contributed by atoms with E-state index in [1.54, 1.807) is 18.2 Å². The van der Waals surface area contributed by atoms with Crippen molar-refractivity contribution in [3.05, 3.63) is 39.2 Å². The summed E-state index contributed by atoms with van der Waals surface area (Å²) >= 11 is 6.01. The van der Waals surface area contributed by atoms with Crippen LogP contribution in [0.1, 0.15) is 18.4 Å². The molecule has 0 amide bonds. The highest BCUT2D eigenvalue weighted by Gasteiger charge is 2.22. The van der Waals surface area contributed by atoms with Crippen molar-refractivity contribution in [1.29, 1.82) is 5.26 Å². The Morgan fingerprint density at radius 1 is 1.32 bits per heavy atom. The fourth-order valence-electron chi connectivity index (χ4n) is 2.53. The van der Waals surface area contributed by atoms with Crippen LogP contribution >= 0.6 is 11.6 Å². The molecule has 1 saturated heterocycles. The summed E-state index contributed by atoms with van der Waals surface area (Å²) < 4.78 is 5.18. The normalized spacial score (nSPS) is 14.8. The van der Waals surface area contributed by atoms with Crippen LogP contribution in [0.2, 0.25) is 5.02 Å². The van der Waals surface area contributed by atoms with Crippen molar-refractivity contribution >= 4 is 28.3 Å². The molecule has 0 radical (unpaired) electrons. The highest BCUT2D eigenvalue weighted by Crippen LogP contribution is 2.32. The monoisotopic (exact) mass is 274 g/mol. The first-order valence-electron chi connectivity index (χ1n) is 6.12. The van der Waals surface area contributed by atoms with E-state index in [2.05, 4.69) is 4.90 Å². The summed E-state index contributed by atoms with van der Waals surface area (Å²) in [5.41, 5.74) is 0.611. The van der Waals surface area contributed by atoms with Crippen molar-refractivity contribution in [3.63, 3.8) is 0 Å². The number of halogens is 1. The molecule has 1 aliphatic rings. The molecular weight excluding hydrogens is 264 g/mol. The molecule has 0 saturated carbocycles. The Bertz CT molecular complexity index is 739. The molecule has 0 aliphatic carbocycles. The number of hydrogen-bond donors (Lipinski definition) is 0. The first kappa shape index (κ1) is 12.1. The first-order valence-corrected chi connectivity index (χ1v) is 6.50. The van der Waals surface area contributed by atoms with Gasteiger partial charge in [-0.15, -0.1) is 0 Å². The minimum Gasteiger partial charge on any atom is -0.422 e. The Labute approximate surface area is 114 Å². The highest BCUT2D eigenvalue weighted by molar-refractivity contribution is 6.31. The lowest BCUT2D eigenvalue weighted by Crippen LogP contribution is -2.22. The summed E-state index contributed by atoms with van der Waals surface area (Å²) in [6.45, 7) is 1.69. The quantitative estimate of drug-likeness (QED) is 0.750. The van der Waals surface area contributed by atoms with Gasteiger partial charge in [0, 0.05) is 23.5 Å². The van der Waals surface area contributed by atoms with E-state index in [0.29, 0.717) is 16.3 Å². The van der Waals surface area contributed by atoms with Crippen molar-refractivity contribution in [3.8, 4) is 6.07 Å². The zero-order valence-electron chi connectivity index (χ0n) is 10.1. The van der Waals surface area contributed by atoms with Crippen LogP contribution in [0.4, 0.5) is 5.69 Å². The minimum absolute atomic E-state index is 0.0664. The fourth-order valence-corrected chi connectivity index (χ4v) is 2.70. The maximum atomic E-state index is 11.9. The van der Waals surface area contributed by atoms with Crippen LogP contribution in [0.3, 0.4) is 0 Å². The van der Waals surface area contributed by atoms with Gasteiger partial charge in [0.2, 0.25) is 0 Å². The van der Waals surface area contributed by atoms with Gasteiger partial charge in [0.25, 0.3) is 0 Å². The van der Waals surface area contributed by atoms with Crippen LogP contribution in [0.25, 0.3) is 11.0 Å². The van der Waals surface area contributed by atoms with Gasteiger partial charge in [-0.25, -0.2) is 4.79 Å². The number of rotatable bonds is 1. The second-order valence-electron chi connectivity index (χ2n) is 4.56. The Morgan fingerprint density at radius 3 is 2.74 bits per heavy atom. The summed E-state index contributed by atoms with van der Waals surface area (Å²) in [6.07, 6.45) is 2.13. The number of anilines is 1. The van der Waals surface area contributed by atoms with Crippen LogP contribution in [-0.2, 0) is 0 Å². The molecule has 4 nitrogen and oxygen atoms in total. The third kappa shape index (κ3) is 1.96. The second kappa shape index (κ2) is 4.60. The maximum Gasteiger partial charge on any atom is 0.356 e. The summed E-state index contributed by atoms with van der Waals surface area (Å²) in [5.74, 6) is 0. The zero-order valence-corrected chi connectivity index (χ0v) is 10.9. The number of nitrogens with zero attached hydrogens (tertiary/aromatic N) is 2. The van der Waals surface area contributed by atoms with E-state index >= 15 is 0 Å². The van der Waals surface area contributed by atoms with Gasteiger partial charge < -0.3 is 9.32 Å². The first-order chi connectivity index (χ1) is 9.20. The summed E-state index contributed by atoms with van der Waals surface area (Å²) in [4.78, 5) is 13.9. The SMILES string of the molecule is N#Cc1c(N2CCCC2)c2cc(Cl)ccc2oc1=O. The molecule has 2 heterocycles. The largest absolute Gasteiger partial charge is 0.422 e. The van der Waals surface area contributed by atoms with E-state index in [4.69, 9.17) is 16.0 Å². The maximum absolute atomic E-state index is 11.9. The Morgan fingerprint density at radius 2 is 2.05 bits per heavy atom. The van der Waals surface area contributed by atoms with Gasteiger partial charge in [0.15, 0.2) is 5.56 Å². The predicted octanol–water partition coefficient (Wildman–Crippen LogP) is 2.92. The number of fused-ring (bicyclic) bond motifs is 1. The molecule has 0 N–H and O–H groups in total. The predicted molar refractivity (Wildman–Crippen MR) is 73.7 cm³/mol. The Kier molecular flexibility index (Phi) is 2.92. The van der Waals surface area contributed by atoms with E-state index in [9.17, 15) is 10.1 Å². The lowest BCUT2D eigenvalue weighted by molar-refractivity contribution is 0.558. The molecule has 2 aromatic rings. The minimum atomic E-state index is -0.584. The smallest absolute Gasteiger partial charge is 0.356 e. The fraction of sp³-hybridized carbons (Fsp3) is 0.286. The molecular formula is C14H11ClN2O2. The molecule has 1 aromatic carbocycles. The van der Waals surface area contributed by atoms with Crippen LogP contribution in [0, 0.1) is 11.3 Å². The van der Waals surface area contributed by atoms with E-state index in [1.807, 2.05) is 6.07 Å². The zero-order chi connectivity index (χ0) is 13.4. The average Bonchev–Trinajstić information content (AvgIpc) is 2.91. The molecule has 1 aromatic heterocycles. The number of nitriles is 1. The topological polar surface area (TPSA) is 57.2 Å². The van der Waals surface area contributed by atoms with Crippen molar-refractivity contribution in [1.82, 2.24) is 0 Å². The molecule has 1 aliphatic heterocycles. The van der Waals surface area contributed by atoms with E-state index in [0.717, 1.165) is 31.3 Å². The molecule has 1 fully saturated rings. The number of benzene rings is 1. The molecule has 0 bridgehead atoms. The highest BCUT2D eigenvalue weighted by atomic mass is 35.5. The average molecular weight is 275 g/mol. The third-order valence-electron chi connectivity index (χ3n) is 3.37. The molecule has 0 spiro atoms. The van der Waals surface area contributed by atoms with Crippen molar-refractivity contribution in [2.45, 2.75) is 12.8 Å². The molecule has 0 unspecified atom stereocenters. The van der Waals surface area contributed by atoms with Crippen LogP contribution < -0.4 is 10.5 Å². The Balaban J connectivity index is 2.39. The third-order valence-corrected chi connectivity index (χ3v) is 3.61. The summed E-state index contributed by atoms with van der Waals surface area (Å²) in [5, 5.41) is 10.5. The summed E-state index contributed by atoms with van der Waals surface area (Å²) in [7, 11) is 0. The van der Waals surface area contributed by atoms with Crippen molar-refractivity contribution in [2.24, 2.45) is 0 Å². The lowest BCUT2D eigenvalue weighted by Gasteiger charge is -2.20. The van der Waals surface area contributed by atoms with E-state index in [1.165, 1.54) is 0 Å². The lowest BCUT2D eigenvalue weighted by atomic mass is 10.1. The van der Waals surface area contributed by atoms with Gasteiger partial charge in [0.05, 0.1) is 5.69 Å². The van der Waals surface area contributed by atoms with Gasteiger partial charge in [-0.2, -0.15) is 5.26 Å². The number of hydrogen-bond acceptors (Lipinski definition) is 4. The van der Waals surface area contributed by atoms with Gasteiger partial charge in [0.1, 0.15) is 11.7 Å². The van der Waals surface area contributed by atoms with Crippen molar-refractivity contribution in [2.75, 3.05) is 18.0 Å². The van der Waals surface area contributed by atoms with Gasteiger partial charge in [-0.05, 0) is 31.0 Å². The standard InChI is InChI=1S/C14H11ClN2O2/c15-9-3-4-12-10(7-9)13(17-5-1-2-6-17)11(8-16)14(18)19-12/h3-4,7H,1-2,5-6H2. The van der Waals surface area contributed by atoms with Gasteiger partial charge in [-0.3, -0.25) is 0 Å². The van der Waals surface area contributed by atoms with Crippen molar-refractivity contribution < 1.29 is 4.42 Å². The molecule has 0 atom stereocenters. The Hall–Kier alpha value is -1.99. The van der Waals surface area contributed by atoms with Gasteiger partial charge >= 0.3 is 5.63 Å². The second-order valence-corrected chi connectivity index (χ2v) is 5.00. The molecule has 3 rings (SSSR count). The van der Waals surface area contributed by atoms with E-state index < -0.39 is 5.63 Å².